The fraction of sp³-hybridized carbons (Fsp3) is 1.00. The van der Waals surface area contributed by atoms with Crippen molar-refractivity contribution in [2.75, 3.05) is 20.8 Å². The van der Waals surface area contributed by atoms with E-state index in [-0.39, 0.29) is 6.61 Å². The van der Waals surface area contributed by atoms with Gasteiger partial charge in [0.15, 0.2) is 6.29 Å². The van der Waals surface area contributed by atoms with Crippen LogP contribution in [-0.4, -0.2) is 27.1 Å². The fourth-order valence-corrected chi connectivity index (χ4v) is 0.284. The lowest BCUT2D eigenvalue weighted by Gasteiger charge is -2.08. The molecule has 0 bridgehead atoms. The molecule has 8 heavy (non-hydrogen) atoms. The molecule has 0 heterocycles. The summed E-state index contributed by atoms with van der Waals surface area (Å²) >= 11 is 0. The van der Waals surface area contributed by atoms with E-state index in [2.05, 4.69) is 14.4 Å². The van der Waals surface area contributed by atoms with Gasteiger partial charge in [-0.2, -0.15) is 4.94 Å². The Bertz CT molecular complexity index is 46.5. The highest BCUT2D eigenvalue weighted by Gasteiger charge is 2.02. The minimum Gasteiger partial charge on any atom is -0.353 e. The fourth-order valence-electron chi connectivity index (χ4n) is 0.284. The summed E-state index contributed by atoms with van der Waals surface area (Å²) in [5.41, 5.74) is 0. The molecule has 0 unspecified atom stereocenters. The zero-order valence-corrected chi connectivity index (χ0v) is 4.89. The van der Waals surface area contributed by atoms with E-state index in [0.717, 1.165) is 0 Å². The van der Waals surface area contributed by atoms with Gasteiger partial charge in [0.25, 0.3) is 0 Å². The van der Waals surface area contributed by atoms with E-state index in [1.165, 1.54) is 14.2 Å². The number of rotatable bonds is 4. The van der Waals surface area contributed by atoms with Crippen molar-refractivity contribution in [3.05, 3.63) is 0 Å². The number of ether oxygens (including phenoxy) is 2. The predicted molar refractivity (Wildman–Crippen MR) is 24.9 cm³/mol. The van der Waals surface area contributed by atoms with Crippen molar-refractivity contribution in [2.45, 2.75) is 6.29 Å². The SMILES string of the molecule is COC(COF)OC. The third kappa shape index (κ3) is 2.90. The summed E-state index contributed by atoms with van der Waals surface area (Å²) in [5, 5.41) is 0. The lowest BCUT2D eigenvalue weighted by atomic mass is 10.7. The van der Waals surface area contributed by atoms with Crippen LogP contribution in [0.15, 0.2) is 0 Å². The summed E-state index contributed by atoms with van der Waals surface area (Å²) in [5.74, 6) is 0. The second kappa shape index (κ2) is 4.96. The van der Waals surface area contributed by atoms with Gasteiger partial charge < -0.3 is 9.47 Å². The minimum atomic E-state index is -0.597. The molecule has 0 aliphatic heterocycles. The Kier molecular flexibility index (Phi) is 4.84. The first-order chi connectivity index (χ1) is 3.85. The van der Waals surface area contributed by atoms with Crippen LogP contribution in [-0.2, 0) is 14.4 Å². The maximum absolute atomic E-state index is 11.0. The summed E-state index contributed by atoms with van der Waals surface area (Å²) in [6.07, 6.45) is -0.597. The molecule has 0 rings (SSSR count). The Hall–Kier alpha value is -0.190. The zero-order valence-electron chi connectivity index (χ0n) is 4.89. The third-order valence-electron chi connectivity index (χ3n) is 0.725. The van der Waals surface area contributed by atoms with Crippen molar-refractivity contribution >= 4 is 0 Å². The first-order valence-electron chi connectivity index (χ1n) is 2.14. The Morgan fingerprint density at radius 1 is 1.38 bits per heavy atom. The molecule has 0 saturated heterocycles. The summed E-state index contributed by atoms with van der Waals surface area (Å²) in [6.45, 7) is -0.188. The second-order valence-electron chi connectivity index (χ2n) is 1.18. The van der Waals surface area contributed by atoms with Gasteiger partial charge in [0.2, 0.25) is 0 Å². The van der Waals surface area contributed by atoms with E-state index in [0.29, 0.717) is 0 Å². The molecule has 0 aliphatic rings. The summed E-state index contributed by atoms with van der Waals surface area (Å²) in [6, 6.07) is 0. The van der Waals surface area contributed by atoms with E-state index in [4.69, 9.17) is 0 Å². The molecule has 50 valence electrons. The maximum Gasteiger partial charge on any atom is 0.183 e. The largest absolute Gasteiger partial charge is 0.353 e. The van der Waals surface area contributed by atoms with Gasteiger partial charge in [0, 0.05) is 14.2 Å². The topological polar surface area (TPSA) is 27.7 Å². The lowest BCUT2D eigenvalue weighted by Crippen LogP contribution is -2.17. The second-order valence-corrected chi connectivity index (χ2v) is 1.18. The first kappa shape index (κ1) is 7.81. The highest BCUT2D eigenvalue weighted by molar-refractivity contribution is 4.32. The highest BCUT2D eigenvalue weighted by Crippen LogP contribution is 1.90. The normalized spacial score (nSPS) is 10.5. The van der Waals surface area contributed by atoms with Crippen LogP contribution in [0.4, 0.5) is 4.53 Å². The molecular weight excluding hydrogens is 115 g/mol. The Morgan fingerprint density at radius 2 is 1.88 bits per heavy atom. The molecule has 0 aromatic rings. The molecule has 0 N–H and O–H groups in total. The van der Waals surface area contributed by atoms with Gasteiger partial charge in [-0.25, -0.2) is 0 Å². The van der Waals surface area contributed by atoms with Gasteiger partial charge in [-0.15, -0.1) is 0 Å². The highest BCUT2D eigenvalue weighted by atomic mass is 19.3. The molecule has 0 radical (unpaired) electrons. The Morgan fingerprint density at radius 3 is 2.00 bits per heavy atom. The van der Waals surface area contributed by atoms with E-state index in [1.807, 2.05) is 0 Å². The van der Waals surface area contributed by atoms with Gasteiger partial charge >= 0.3 is 0 Å². The molecular formula is C4H9FO3. The number of halogens is 1. The number of hydrogen-bond acceptors (Lipinski definition) is 3. The van der Waals surface area contributed by atoms with Gasteiger partial charge in [-0.3, -0.25) is 0 Å². The van der Waals surface area contributed by atoms with E-state index in [1.54, 1.807) is 0 Å². The van der Waals surface area contributed by atoms with Crippen LogP contribution in [0.2, 0.25) is 0 Å². The van der Waals surface area contributed by atoms with Crippen molar-refractivity contribution in [3.8, 4) is 0 Å². The van der Waals surface area contributed by atoms with Crippen molar-refractivity contribution in [1.82, 2.24) is 0 Å². The average Bonchev–Trinajstić information content (AvgIpc) is 1.83. The quantitative estimate of drug-likeness (QED) is 0.511. The molecule has 3 nitrogen and oxygen atoms in total. The Labute approximate surface area is 47.2 Å². The van der Waals surface area contributed by atoms with E-state index < -0.39 is 6.29 Å². The monoisotopic (exact) mass is 124 g/mol. The summed E-state index contributed by atoms with van der Waals surface area (Å²) in [4.78, 5) is 3.24. The van der Waals surface area contributed by atoms with Gasteiger partial charge in [0.1, 0.15) is 6.61 Å². The molecule has 0 atom stereocenters. The van der Waals surface area contributed by atoms with Crippen molar-refractivity contribution in [3.63, 3.8) is 0 Å². The number of methoxy groups -OCH3 is 2. The van der Waals surface area contributed by atoms with Gasteiger partial charge in [-0.05, 0) is 4.53 Å². The minimum absolute atomic E-state index is 0.188. The van der Waals surface area contributed by atoms with Crippen LogP contribution in [0.3, 0.4) is 0 Å². The molecule has 4 heteroatoms. The maximum atomic E-state index is 11.0. The molecule has 0 aliphatic carbocycles. The molecule has 0 aromatic carbocycles. The molecule has 0 amide bonds. The van der Waals surface area contributed by atoms with Crippen molar-refractivity contribution in [2.24, 2.45) is 0 Å². The van der Waals surface area contributed by atoms with Gasteiger partial charge in [-0.1, -0.05) is 0 Å². The summed E-state index contributed by atoms with van der Waals surface area (Å²) in [7, 11) is 2.82. The smallest absolute Gasteiger partial charge is 0.183 e. The Balaban J connectivity index is 3.07. The van der Waals surface area contributed by atoms with Crippen LogP contribution in [0, 0.1) is 0 Å². The molecule has 0 fully saturated rings. The third-order valence-corrected chi connectivity index (χ3v) is 0.725. The van der Waals surface area contributed by atoms with Crippen LogP contribution < -0.4 is 0 Å². The van der Waals surface area contributed by atoms with Crippen molar-refractivity contribution < 1.29 is 18.9 Å². The number of hydrogen-bond donors (Lipinski definition) is 0. The lowest BCUT2D eigenvalue weighted by molar-refractivity contribution is -0.216. The molecule has 0 aromatic heterocycles. The molecule has 0 saturated carbocycles. The van der Waals surface area contributed by atoms with Crippen LogP contribution in [0.25, 0.3) is 0 Å². The van der Waals surface area contributed by atoms with Crippen LogP contribution >= 0.6 is 0 Å². The van der Waals surface area contributed by atoms with E-state index in [9.17, 15) is 4.53 Å². The van der Waals surface area contributed by atoms with Crippen molar-refractivity contribution in [1.29, 1.82) is 0 Å². The van der Waals surface area contributed by atoms with Crippen LogP contribution in [0.5, 0.6) is 0 Å². The van der Waals surface area contributed by atoms with E-state index >= 15 is 0 Å². The van der Waals surface area contributed by atoms with Gasteiger partial charge in [0.05, 0.1) is 0 Å². The standard InChI is InChI=1S/C4H9FO3/c1-6-4(7-2)3-8-5/h4H,3H2,1-2H3. The first-order valence-corrected chi connectivity index (χ1v) is 2.14. The molecule has 0 spiro atoms. The summed E-state index contributed by atoms with van der Waals surface area (Å²) < 4.78 is 20.1. The predicted octanol–water partition coefficient (Wildman–Crippen LogP) is 0.506. The average molecular weight is 124 g/mol. The zero-order chi connectivity index (χ0) is 6.41. The van der Waals surface area contributed by atoms with Crippen LogP contribution in [0.1, 0.15) is 0 Å².